The van der Waals surface area contributed by atoms with Crippen LogP contribution in [0.25, 0.3) is 0 Å². The fourth-order valence-electron chi connectivity index (χ4n) is 2.88. The molecular weight excluding hydrogens is 280 g/mol. The van der Waals surface area contributed by atoms with Gasteiger partial charge in [0.05, 0.1) is 18.3 Å². The number of amides is 1. The maximum absolute atomic E-state index is 12.6. The summed E-state index contributed by atoms with van der Waals surface area (Å²) in [6, 6.07) is 7.86. The van der Waals surface area contributed by atoms with Gasteiger partial charge in [0.15, 0.2) is 6.39 Å². The van der Waals surface area contributed by atoms with Gasteiger partial charge in [-0.15, -0.1) is 0 Å². The van der Waals surface area contributed by atoms with Gasteiger partial charge >= 0.3 is 0 Å². The lowest BCUT2D eigenvalue weighted by Crippen LogP contribution is -2.35. The molecule has 1 heterocycles. The van der Waals surface area contributed by atoms with Gasteiger partial charge in [-0.25, -0.2) is 4.98 Å². The predicted octanol–water partition coefficient (Wildman–Crippen LogP) is 2.98. The number of oxazole rings is 1. The Morgan fingerprint density at radius 2 is 2.23 bits per heavy atom. The van der Waals surface area contributed by atoms with Gasteiger partial charge < -0.3 is 14.5 Å². The smallest absolute Gasteiger partial charge is 0.289 e. The summed E-state index contributed by atoms with van der Waals surface area (Å²) < 4.78 is 10.6. The highest BCUT2D eigenvalue weighted by Gasteiger charge is 2.47. The van der Waals surface area contributed by atoms with Crippen LogP contribution in [0, 0.1) is 0 Å². The number of carbonyl (C=O) groups excluding carboxylic acids is 1. The van der Waals surface area contributed by atoms with Gasteiger partial charge in [-0.05, 0) is 43.4 Å². The minimum Gasteiger partial charge on any atom is -0.497 e. The van der Waals surface area contributed by atoms with Crippen LogP contribution in [0.5, 0.6) is 5.75 Å². The minimum absolute atomic E-state index is 0.167. The Morgan fingerprint density at radius 3 is 2.91 bits per heavy atom. The normalized spacial score (nSPS) is 18.8. The Balaban J connectivity index is 1.56. The third-order valence-corrected chi connectivity index (χ3v) is 4.49. The lowest BCUT2D eigenvalue weighted by atomic mass is 10.0. The molecule has 2 fully saturated rings. The van der Waals surface area contributed by atoms with Crippen LogP contribution < -0.4 is 10.1 Å². The van der Waals surface area contributed by atoms with Crippen LogP contribution in [0.2, 0.25) is 0 Å². The fraction of sp³-hybridized carbons (Fsp3) is 0.412. The van der Waals surface area contributed by atoms with E-state index < -0.39 is 0 Å². The largest absolute Gasteiger partial charge is 0.497 e. The molecule has 1 amide bonds. The van der Waals surface area contributed by atoms with Crippen LogP contribution in [0.3, 0.4) is 0 Å². The van der Waals surface area contributed by atoms with Crippen LogP contribution >= 0.6 is 0 Å². The second-order valence-electron chi connectivity index (χ2n) is 6.11. The molecule has 1 N–H and O–H groups in total. The summed E-state index contributed by atoms with van der Waals surface area (Å²) >= 11 is 0. The monoisotopic (exact) mass is 298 g/mol. The summed E-state index contributed by atoms with van der Waals surface area (Å²) in [6.07, 6.45) is 5.41. The zero-order valence-electron chi connectivity index (χ0n) is 12.5. The van der Waals surface area contributed by atoms with E-state index in [1.165, 1.54) is 6.39 Å². The molecule has 5 heteroatoms. The van der Waals surface area contributed by atoms with E-state index in [0.717, 1.165) is 42.7 Å². The van der Waals surface area contributed by atoms with Crippen LogP contribution in [-0.2, 0) is 5.54 Å². The van der Waals surface area contributed by atoms with Gasteiger partial charge in [0, 0.05) is 5.92 Å². The number of hydrogen-bond acceptors (Lipinski definition) is 4. The van der Waals surface area contributed by atoms with Crippen molar-refractivity contribution >= 4 is 5.91 Å². The standard InChI is InChI=1S/C17H18N2O3/c1-21-13-4-2-3-12(9-13)17(7-8-17)19-16(20)15-14(11-5-6-11)18-10-22-15/h2-4,9-11H,5-8H2,1H3,(H,19,20). The number of hydrogen-bond donors (Lipinski definition) is 1. The highest BCUT2D eigenvalue weighted by molar-refractivity contribution is 5.93. The molecule has 0 aliphatic heterocycles. The lowest BCUT2D eigenvalue weighted by Gasteiger charge is -2.18. The molecule has 2 aromatic rings. The molecule has 2 aliphatic carbocycles. The topological polar surface area (TPSA) is 64.4 Å². The second-order valence-corrected chi connectivity index (χ2v) is 6.11. The van der Waals surface area contributed by atoms with Crippen molar-refractivity contribution in [1.82, 2.24) is 10.3 Å². The van der Waals surface area contributed by atoms with Gasteiger partial charge in [-0.3, -0.25) is 4.79 Å². The Kier molecular flexibility index (Phi) is 2.96. The number of nitrogens with one attached hydrogen (secondary N) is 1. The van der Waals surface area contributed by atoms with Crippen LogP contribution in [0.4, 0.5) is 0 Å². The van der Waals surface area contributed by atoms with Crippen molar-refractivity contribution in [3.63, 3.8) is 0 Å². The quantitative estimate of drug-likeness (QED) is 0.921. The Bertz CT molecular complexity index is 714. The molecule has 1 aromatic heterocycles. The number of benzene rings is 1. The fourth-order valence-corrected chi connectivity index (χ4v) is 2.88. The average molecular weight is 298 g/mol. The average Bonchev–Trinajstić information content (AvgIpc) is 3.48. The number of ether oxygens (including phenoxy) is 1. The summed E-state index contributed by atoms with van der Waals surface area (Å²) in [7, 11) is 1.65. The summed E-state index contributed by atoms with van der Waals surface area (Å²) in [6.45, 7) is 0. The maximum Gasteiger partial charge on any atom is 0.289 e. The molecule has 0 radical (unpaired) electrons. The van der Waals surface area contributed by atoms with E-state index in [0.29, 0.717) is 11.7 Å². The lowest BCUT2D eigenvalue weighted by molar-refractivity contribution is 0.0901. The van der Waals surface area contributed by atoms with Gasteiger partial charge in [-0.2, -0.15) is 0 Å². The van der Waals surface area contributed by atoms with E-state index >= 15 is 0 Å². The highest BCUT2D eigenvalue weighted by atomic mass is 16.5. The van der Waals surface area contributed by atoms with E-state index in [1.807, 2.05) is 24.3 Å². The first kappa shape index (κ1) is 13.4. The van der Waals surface area contributed by atoms with Crippen LogP contribution in [-0.4, -0.2) is 18.0 Å². The van der Waals surface area contributed by atoms with Crippen molar-refractivity contribution in [2.45, 2.75) is 37.1 Å². The summed E-state index contributed by atoms with van der Waals surface area (Å²) in [4.78, 5) is 16.8. The highest BCUT2D eigenvalue weighted by Crippen LogP contribution is 2.47. The Labute approximate surface area is 128 Å². The summed E-state index contributed by atoms with van der Waals surface area (Å²) in [5.74, 6) is 1.40. The van der Waals surface area contributed by atoms with E-state index in [9.17, 15) is 4.79 Å². The van der Waals surface area contributed by atoms with Crippen molar-refractivity contribution in [2.75, 3.05) is 7.11 Å². The molecule has 0 spiro atoms. The van der Waals surface area contributed by atoms with Crippen molar-refractivity contribution < 1.29 is 13.9 Å². The first-order valence-corrected chi connectivity index (χ1v) is 7.62. The van der Waals surface area contributed by atoms with E-state index in [4.69, 9.17) is 9.15 Å². The molecule has 0 saturated heterocycles. The second kappa shape index (κ2) is 4.87. The number of aromatic nitrogens is 1. The maximum atomic E-state index is 12.6. The molecule has 2 saturated carbocycles. The summed E-state index contributed by atoms with van der Waals surface area (Å²) in [5, 5.41) is 3.13. The van der Waals surface area contributed by atoms with Crippen LogP contribution in [0.15, 0.2) is 35.1 Å². The molecule has 5 nitrogen and oxygen atoms in total. The Hall–Kier alpha value is -2.30. The van der Waals surface area contributed by atoms with Gasteiger partial charge in [-0.1, -0.05) is 12.1 Å². The zero-order chi connectivity index (χ0) is 15.2. The third-order valence-electron chi connectivity index (χ3n) is 4.49. The molecule has 0 atom stereocenters. The molecule has 0 bridgehead atoms. The van der Waals surface area contributed by atoms with E-state index in [2.05, 4.69) is 10.3 Å². The van der Waals surface area contributed by atoms with Gasteiger partial charge in [0.2, 0.25) is 5.76 Å². The van der Waals surface area contributed by atoms with Crippen molar-refractivity contribution in [3.8, 4) is 5.75 Å². The third kappa shape index (κ3) is 2.26. The summed E-state index contributed by atoms with van der Waals surface area (Å²) in [5.41, 5.74) is 1.59. The number of rotatable bonds is 5. The van der Waals surface area contributed by atoms with Crippen LogP contribution in [0.1, 0.15) is 53.4 Å². The number of nitrogens with zero attached hydrogens (tertiary/aromatic N) is 1. The predicted molar refractivity (Wildman–Crippen MR) is 79.9 cm³/mol. The molecule has 2 aliphatic rings. The van der Waals surface area contributed by atoms with Crippen molar-refractivity contribution in [2.24, 2.45) is 0 Å². The molecule has 0 unspecified atom stereocenters. The molecule has 114 valence electrons. The molecule has 22 heavy (non-hydrogen) atoms. The van der Waals surface area contributed by atoms with Crippen molar-refractivity contribution in [3.05, 3.63) is 47.7 Å². The SMILES string of the molecule is COc1cccc(C2(NC(=O)c3ocnc3C3CC3)CC2)c1. The zero-order valence-corrected chi connectivity index (χ0v) is 12.5. The minimum atomic E-state index is -0.292. The molecule has 4 rings (SSSR count). The number of methoxy groups -OCH3 is 1. The molecular formula is C17H18N2O3. The van der Waals surface area contributed by atoms with E-state index in [1.54, 1.807) is 7.11 Å². The first-order chi connectivity index (χ1) is 10.7. The molecule has 1 aromatic carbocycles. The Morgan fingerprint density at radius 1 is 1.41 bits per heavy atom. The first-order valence-electron chi connectivity index (χ1n) is 7.62. The van der Waals surface area contributed by atoms with Gasteiger partial charge in [0.1, 0.15) is 5.75 Å². The van der Waals surface area contributed by atoms with Crippen molar-refractivity contribution in [1.29, 1.82) is 0 Å². The van der Waals surface area contributed by atoms with Gasteiger partial charge in [0.25, 0.3) is 5.91 Å². The number of carbonyl (C=O) groups is 1. The van der Waals surface area contributed by atoms with E-state index in [-0.39, 0.29) is 11.4 Å².